The van der Waals surface area contributed by atoms with E-state index in [4.69, 9.17) is 0 Å². The predicted molar refractivity (Wildman–Crippen MR) is 139 cm³/mol. The number of hydrogen-bond acceptors (Lipinski definition) is 3. The highest BCUT2D eigenvalue weighted by atomic mass is 19.4. The first kappa shape index (κ1) is 31.5. The molecule has 2 fully saturated rings. The zero-order valence-corrected chi connectivity index (χ0v) is 23.3. The molecule has 1 aliphatic heterocycles. The molecule has 2 aliphatic rings. The second-order valence-electron chi connectivity index (χ2n) is 11.6. The maximum Gasteiger partial charge on any atom is 0.416 e. The summed E-state index contributed by atoms with van der Waals surface area (Å²) in [6.07, 6.45) is -8.77. The van der Waals surface area contributed by atoms with E-state index in [2.05, 4.69) is 0 Å². The summed E-state index contributed by atoms with van der Waals surface area (Å²) < 4.78 is 95.0. The number of carbonyl (C=O) groups excluding carboxylic acids is 3. The number of carbonyl (C=O) groups is 3. The molecule has 1 saturated carbocycles. The summed E-state index contributed by atoms with van der Waals surface area (Å²) in [5.74, 6) is -2.23. The van der Waals surface area contributed by atoms with Crippen LogP contribution in [0.4, 0.5) is 30.7 Å². The van der Waals surface area contributed by atoms with Crippen molar-refractivity contribution in [3.8, 4) is 0 Å². The Balaban J connectivity index is 1.67. The van der Waals surface area contributed by atoms with Crippen LogP contribution in [0.1, 0.15) is 67.7 Å². The lowest BCUT2D eigenvalue weighted by Gasteiger charge is -2.36. The van der Waals surface area contributed by atoms with Crippen LogP contribution in [0.5, 0.6) is 0 Å². The van der Waals surface area contributed by atoms with Crippen LogP contribution in [0.3, 0.4) is 0 Å². The molecule has 0 bridgehead atoms. The zero-order valence-electron chi connectivity index (χ0n) is 23.3. The lowest BCUT2D eigenvalue weighted by Crippen LogP contribution is -2.49. The van der Waals surface area contributed by atoms with Crippen molar-refractivity contribution in [3.63, 3.8) is 0 Å². The third kappa shape index (κ3) is 6.47. The van der Waals surface area contributed by atoms with Gasteiger partial charge in [0.15, 0.2) is 0 Å². The molecule has 0 spiro atoms. The third-order valence-corrected chi connectivity index (χ3v) is 8.45. The molecule has 1 saturated heterocycles. The molecular weight excluding hydrogens is 569 g/mol. The lowest BCUT2D eigenvalue weighted by molar-refractivity contribution is -0.144. The van der Waals surface area contributed by atoms with Crippen LogP contribution in [-0.2, 0) is 32.2 Å². The minimum atomic E-state index is -5.08. The fourth-order valence-electron chi connectivity index (χ4n) is 5.87. The zero-order chi connectivity index (χ0) is 31.2. The highest BCUT2D eigenvalue weighted by Crippen LogP contribution is 2.41. The van der Waals surface area contributed by atoms with Gasteiger partial charge in [-0.2, -0.15) is 26.3 Å². The van der Waals surface area contributed by atoms with Crippen LogP contribution < -0.4 is 0 Å². The Morgan fingerprint density at radius 3 is 1.83 bits per heavy atom. The van der Waals surface area contributed by atoms with Crippen LogP contribution in [0.2, 0.25) is 0 Å². The summed E-state index contributed by atoms with van der Waals surface area (Å²) in [5.41, 5.74) is -4.71. The lowest BCUT2D eigenvalue weighted by atomic mass is 9.80. The highest BCUT2D eigenvalue weighted by molar-refractivity contribution is 5.88. The average molecular weight is 601 g/mol. The predicted octanol–water partition coefficient (Wildman–Crippen LogP) is 6.35. The minimum Gasteiger partial charge on any atom is -0.340 e. The maximum atomic E-state index is 13.9. The van der Waals surface area contributed by atoms with Gasteiger partial charge < -0.3 is 9.80 Å². The molecule has 0 aromatic heterocycles. The van der Waals surface area contributed by atoms with Crippen LogP contribution in [0.15, 0.2) is 42.5 Å². The molecule has 2 atom stereocenters. The van der Waals surface area contributed by atoms with Gasteiger partial charge in [0.1, 0.15) is 11.6 Å². The summed E-state index contributed by atoms with van der Waals surface area (Å²) in [6, 6.07) is 5.91. The van der Waals surface area contributed by atoms with Crippen molar-refractivity contribution < 1.29 is 45.1 Å². The molecule has 0 N–H and O–H groups in total. The second-order valence-corrected chi connectivity index (χ2v) is 11.6. The third-order valence-electron chi connectivity index (χ3n) is 8.45. The van der Waals surface area contributed by atoms with Crippen molar-refractivity contribution >= 4 is 17.6 Å². The van der Waals surface area contributed by atoms with E-state index in [9.17, 15) is 45.1 Å². The Labute approximate surface area is 238 Å². The Bertz CT molecular complexity index is 1310. The van der Waals surface area contributed by atoms with Crippen molar-refractivity contribution in [2.24, 2.45) is 5.92 Å². The number of likely N-dealkylation sites (tertiary alicyclic amines) is 1. The fourth-order valence-corrected chi connectivity index (χ4v) is 5.87. The summed E-state index contributed by atoms with van der Waals surface area (Å²) in [7, 11) is 1.40. The highest BCUT2D eigenvalue weighted by Gasteiger charge is 2.46. The number of halogens is 7. The number of nitrogens with zero attached hydrogens (tertiary/aromatic N) is 2. The van der Waals surface area contributed by atoms with Gasteiger partial charge in [-0.1, -0.05) is 12.1 Å². The van der Waals surface area contributed by atoms with E-state index >= 15 is 0 Å². The van der Waals surface area contributed by atoms with E-state index in [0.717, 1.165) is 0 Å². The number of alkyl halides is 6. The van der Waals surface area contributed by atoms with Crippen LogP contribution in [-0.4, -0.2) is 53.6 Å². The molecule has 0 radical (unpaired) electrons. The normalized spacial score (nSPS) is 20.6. The Morgan fingerprint density at radius 2 is 1.33 bits per heavy atom. The summed E-state index contributed by atoms with van der Waals surface area (Å²) in [6.45, 7) is 2.73. The van der Waals surface area contributed by atoms with Gasteiger partial charge in [-0.25, -0.2) is 4.39 Å². The number of likely N-dealkylation sites (N-methyl/N-ethyl adjacent to an activating group) is 1. The maximum absolute atomic E-state index is 13.9. The van der Waals surface area contributed by atoms with Crippen molar-refractivity contribution in [3.05, 3.63) is 70.5 Å². The SMILES string of the molecule is CN(C(=O)C(C)(C)c1cc(C(F)(F)F)cc(C(F)(F)F)c1)[C@@H]1CN(C(=O)C2CCC(=O)CC2)CC1c1ccc(F)cc1. The van der Waals surface area contributed by atoms with Gasteiger partial charge in [-0.05, 0) is 68.1 Å². The van der Waals surface area contributed by atoms with Gasteiger partial charge in [-0.15, -0.1) is 0 Å². The molecule has 4 rings (SSSR count). The van der Waals surface area contributed by atoms with Crippen molar-refractivity contribution in [2.45, 2.75) is 69.3 Å². The number of Topliss-reactive ketones (excluding diaryl/α,β-unsaturated/α-hetero) is 1. The first-order chi connectivity index (χ1) is 19.4. The van der Waals surface area contributed by atoms with E-state index in [1.165, 1.54) is 50.1 Å². The molecule has 42 heavy (non-hydrogen) atoms. The van der Waals surface area contributed by atoms with Crippen LogP contribution in [0, 0.1) is 11.7 Å². The Hall–Kier alpha value is -3.44. The van der Waals surface area contributed by atoms with Crippen LogP contribution >= 0.6 is 0 Å². The van der Waals surface area contributed by atoms with Crippen molar-refractivity contribution in [1.82, 2.24) is 9.80 Å². The summed E-state index contributed by atoms with van der Waals surface area (Å²) in [5, 5.41) is 0. The van der Waals surface area contributed by atoms with Crippen molar-refractivity contribution in [1.29, 1.82) is 0 Å². The average Bonchev–Trinajstić information content (AvgIpc) is 3.37. The monoisotopic (exact) mass is 600 g/mol. The molecule has 12 heteroatoms. The molecule has 5 nitrogen and oxygen atoms in total. The van der Waals surface area contributed by atoms with Gasteiger partial charge in [0.25, 0.3) is 0 Å². The smallest absolute Gasteiger partial charge is 0.340 e. The molecule has 1 heterocycles. The fraction of sp³-hybridized carbons (Fsp3) is 0.500. The molecule has 2 aromatic carbocycles. The van der Waals surface area contributed by atoms with E-state index in [-0.39, 0.29) is 36.8 Å². The van der Waals surface area contributed by atoms with E-state index < -0.39 is 58.1 Å². The number of amides is 2. The Morgan fingerprint density at radius 1 is 0.833 bits per heavy atom. The molecule has 1 unspecified atom stereocenters. The topological polar surface area (TPSA) is 57.7 Å². The number of rotatable bonds is 5. The summed E-state index contributed by atoms with van der Waals surface area (Å²) in [4.78, 5) is 41.8. The van der Waals surface area contributed by atoms with Gasteiger partial charge in [0.05, 0.1) is 22.6 Å². The number of hydrogen-bond donors (Lipinski definition) is 0. The molecule has 1 aliphatic carbocycles. The number of benzene rings is 2. The summed E-state index contributed by atoms with van der Waals surface area (Å²) >= 11 is 0. The van der Waals surface area contributed by atoms with E-state index in [1.807, 2.05) is 0 Å². The molecular formula is C30H31F7N2O3. The largest absolute Gasteiger partial charge is 0.416 e. The quantitative estimate of drug-likeness (QED) is 0.376. The van der Waals surface area contributed by atoms with Gasteiger partial charge in [-0.3, -0.25) is 14.4 Å². The molecule has 2 aromatic rings. The first-order valence-electron chi connectivity index (χ1n) is 13.5. The van der Waals surface area contributed by atoms with Crippen LogP contribution in [0.25, 0.3) is 0 Å². The van der Waals surface area contributed by atoms with E-state index in [0.29, 0.717) is 43.4 Å². The molecule has 2 amide bonds. The van der Waals surface area contributed by atoms with Gasteiger partial charge in [0.2, 0.25) is 11.8 Å². The first-order valence-corrected chi connectivity index (χ1v) is 13.5. The minimum absolute atomic E-state index is 0.0115. The van der Waals surface area contributed by atoms with Gasteiger partial charge in [0, 0.05) is 44.8 Å². The van der Waals surface area contributed by atoms with Crippen molar-refractivity contribution in [2.75, 3.05) is 20.1 Å². The van der Waals surface area contributed by atoms with E-state index in [1.54, 1.807) is 4.90 Å². The molecule has 228 valence electrons. The second kappa shape index (κ2) is 11.3. The van der Waals surface area contributed by atoms with Gasteiger partial charge >= 0.3 is 12.4 Å². The Kier molecular flexibility index (Phi) is 8.50. The number of ketones is 1. The standard InChI is InChI=1S/C30H31F7N2O3/c1-28(2,19-12-20(29(32,33)34)14-21(13-19)30(35,36)37)27(42)38(3)25-16-39(26(41)18-6-10-23(40)11-7-18)15-24(25)17-4-8-22(31)9-5-17/h4-5,8-9,12-14,18,24-25H,6-7,10-11,15-16H2,1-3H3/t24?,25-/m1/s1.